The van der Waals surface area contributed by atoms with Crippen LogP contribution in [0.3, 0.4) is 0 Å². The van der Waals surface area contributed by atoms with Gasteiger partial charge in [-0.15, -0.1) is 0 Å². The summed E-state index contributed by atoms with van der Waals surface area (Å²) in [5.41, 5.74) is -0.282. The molecule has 1 aliphatic carbocycles. The molecule has 5 nitrogen and oxygen atoms in total. The molecule has 3 aliphatic heterocycles. The maximum absolute atomic E-state index is 12.2. The van der Waals surface area contributed by atoms with E-state index in [1.165, 1.54) is 19.3 Å². The van der Waals surface area contributed by atoms with Gasteiger partial charge in [0.25, 0.3) is 0 Å². The molecule has 3 saturated heterocycles. The highest BCUT2D eigenvalue weighted by Crippen LogP contribution is 2.44. The third-order valence-corrected chi connectivity index (χ3v) is 8.85. The van der Waals surface area contributed by atoms with E-state index in [9.17, 15) is 5.11 Å². The number of para-hydroxylation sites is 1. The molecule has 1 aromatic heterocycles. The van der Waals surface area contributed by atoms with Gasteiger partial charge in [0.05, 0.1) is 19.3 Å². The maximum Gasteiger partial charge on any atom is 0.231 e. The lowest BCUT2D eigenvalue weighted by Gasteiger charge is -2.51. The zero-order valence-corrected chi connectivity index (χ0v) is 22.5. The van der Waals surface area contributed by atoms with E-state index in [1.54, 1.807) is 0 Å². The number of hydrogen-bond acceptors (Lipinski definition) is 4. The molecular weight excluding hydrogens is 516 g/mol. The first kappa shape index (κ1) is 25.5. The molecule has 0 unspecified atom stereocenters. The predicted molar refractivity (Wildman–Crippen MR) is 135 cm³/mol. The monoisotopic (exact) mass is 552 g/mol. The molecule has 4 aliphatic rings. The van der Waals surface area contributed by atoms with Crippen molar-refractivity contribution in [3.63, 3.8) is 0 Å². The third-order valence-electron chi connectivity index (χ3n) is 8.85. The Morgan fingerprint density at radius 3 is 2.28 bits per heavy atom. The normalized spacial score (nSPS) is 27.7. The minimum atomic E-state index is -1.17. The summed E-state index contributed by atoms with van der Waals surface area (Å²) in [5.74, 6) is 3.07. The summed E-state index contributed by atoms with van der Waals surface area (Å²) in [4.78, 5) is 4.71. The summed E-state index contributed by atoms with van der Waals surface area (Å²) in [6.07, 6.45) is 10.0. The van der Waals surface area contributed by atoms with Crippen LogP contribution in [0.25, 0.3) is 0 Å². The molecule has 0 radical (unpaired) electrons. The lowest BCUT2D eigenvalue weighted by Crippen LogP contribution is -3.00. The van der Waals surface area contributed by atoms with E-state index in [4.69, 9.17) is 14.1 Å². The van der Waals surface area contributed by atoms with Crippen molar-refractivity contribution in [1.82, 2.24) is 4.98 Å². The van der Waals surface area contributed by atoms with Crippen LogP contribution < -0.4 is 21.7 Å². The fourth-order valence-corrected chi connectivity index (χ4v) is 6.88. The number of fused-ring (bicyclic) bond motifs is 3. The maximum atomic E-state index is 12.2. The van der Waals surface area contributed by atoms with Crippen molar-refractivity contribution in [1.29, 1.82) is 0 Å². The standard InChI is InChI=1S/C30H37N2O3.BrH/c33-30(24-10-4-1-5-11-24,25-12-6-2-7-13-25)29-31-20-27(35-29)21-32-18-16-23(17-19-32)28(22-32)34-26-14-8-3-9-15-26;/h1,3-5,8-11,14-15,20,23,25,28,33H,2,6-7,12-13,16-19,21-22H2;1H/q+1;/p-1/t23?,28-,30-,32?;/m1./s1. The minimum Gasteiger partial charge on any atom is -1.00 e. The molecule has 6 heteroatoms. The fraction of sp³-hybridized carbons (Fsp3) is 0.500. The Hall–Kier alpha value is -2.15. The average Bonchev–Trinajstić information content (AvgIpc) is 3.39. The molecule has 4 heterocycles. The average molecular weight is 554 g/mol. The Morgan fingerprint density at radius 1 is 0.917 bits per heavy atom. The van der Waals surface area contributed by atoms with Crippen LogP contribution in [0.1, 0.15) is 62.2 Å². The Morgan fingerprint density at radius 2 is 1.58 bits per heavy atom. The van der Waals surface area contributed by atoms with Gasteiger partial charge >= 0.3 is 0 Å². The van der Waals surface area contributed by atoms with Crippen LogP contribution in [0.4, 0.5) is 0 Å². The lowest BCUT2D eigenvalue weighted by molar-refractivity contribution is -0.958. The molecule has 3 aromatic rings. The Kier molecular flexibility index (Phi) is 7.57. The molecule has 1 N–H and O–H groups in total. The molecule has 7 rings (SSSR count). The molecule has 2 atom stereocenters. The first-order chi connectivity index (χ1) is 17.1. The highest BCUT2D eigenvalue weighted by Gasteiger charge is 2.49. The lowest BCUT2D eigenvalue weighted by atomic mass is 9.73. The number of quaternary nitrogens is 1. The van der Waals surface area contributed by atoms with E-state index >= 15 is 0 Å². The van der Waals surface area contributed by atoms with E-state index in [-0.39, 0.29) is 29.0 Å². The van der Waals surface area contributed by atoms with Crippen LogP contribution in [0.15, 0.2) is 71.3 Å². The number of nitrogens with zero attached hydrogens (tertiary/aromatic N) is 2. The van der Waals surface area contributed by atoms with Crippen LogP contribution in [-0.2, 0) is 12.1 Å². The molecule has 0 spiro atoms. The number of benzene rings is 2. The predicted octanol–water partition coefficient (Wildman–Crippen LogP) is 2.68. The quantitative estimate of drug-likeness (QED) is 0.458. The van der Waals surface area contributed by atoms with Gasteiger partial charge in [-0.2, -0.15) is 0 Å². The summed E-state index contributed by atoms with van der Waals surface area (Å²) in [5, 5.41) is 12.2. The van der Waals surface area contributed by atoms with E-state index in [0.717, 1.165) is 73.4 Å². The van der Waals surface area contributed by atoms with Crippen molar-refractivity contribution < 1.29 is 35.7 Å². The van der Waals surface area contributed by atoms with Crippen LogP contribution in [-0.4, -0.2) is 40.3 Å². The van der Waals surface area contributed by atoms with Gasteiger partial charge < -0.3 is 35.7 Å². The molecular formula is C30H37BrN2O3. The highest BCUT2D eigenvalue weighted by atomic mass is 79.9. The van der Waals surface area contributed by atoms with Gasteiger partial charge in [-0.3, -0.25) is 0 Å². The van der Waals surface area contributed by atoms with Gasteiger partial charge in [0.15, 0.2) is 17.5 Å². The minimum absolute atomic E-state index is 0. The zero-order valence-electron chi connectivity index (χ0n) is 20.9. The number of rotatable bonds is 7. The van der Waals surface area contributed by atoms with Gasteiger partial charge in [-0.05, 0) is 30.5 Å². The Balaban J connectivity index is 0.00000267. The van der Waals surface area contributed by atoms with Crippen LogP contribution in [0.5, 0.6) is 5.75 Å². The molecule has 1 saturated carbocycles. The summed E-state index contributed by atoms with van der Waals surface area (Å²) in [6, 6.07) is 20.2. The molecule has 0 amide bonds. The van der Waals surface area contributed by atoms with Gasteiger partial charge in [-0.1, -0.05) is 67.8 Å². The fourth-order valence-electron chi connectivity index (χ4n) is 6.88. The number of halogens is 1. The topological polar surface area (TPSA) is 55.5 Å². The van der Waals surface area contributed by atoms with E-state index in [2.05, 4.69) is 12.1 Å². The van der Waals surface area contributed by atoms with Gasteiger partial charge in [-0.25, -0.2) is 4.98 Å². The van der Waals surface area contributed by atoms with Crippen molar-refractivity contribution in [2.24, 2.45) is 11.8 Å². The first-order valence-corrected chi connectivity index (χ1v) is 13.4. The smallest absolute Gasteiger partial charge is 0.231 e. The van der Waals surface area contributed by atoms with Crippen molar-refractivity contribution in [3.8, 4) is 5.75 Å². The van der Waals surface area contributed by atoms with Gasteiger partial charge in [0.2, 0.25) is 5.89 Å². The van der Waals surface area contributed by atoms with Crippen molar-refractivity contribution >= 4 is 0 Å². The summed E-state index contributed by atoms with van der Waals surface area (Å²) in [7, 11) is 0. The van der Waals surface area contributed by atoms with Gasteiger partial charge in [0.1, 0.15) is 18.8 Å². The Bertz CT molecular complexity index is 1110. The van der Waals surface area contributed by atoms with Crippen LogP contribution in [0, 0.1) is 11.8 Å². The van der Waals surface area contributed by atoms with Crippen molar-refractivity contribution in [2.45, 2.75) is 63.2 Å². The number of ether oxygens (including phenoxy) is 1. The SMILES string of the molecule is O[C@@](c1ccccc1)(c1ncc(C[N+]23CCC(CC2)[C@H](Oc2ccccc2)C3)o1)C1CCCCC1.[Br-]. The molecule has 192 valence electrons. The number of hydrogen-bond donors (Lipinski definition) is 1. The number of aromatic nitrogens is 1. The second-order valence-electron chi connectivity index (χ2n) is 11.0. The largest absolute Gasteiger partial charge is 1.00 e. The van der Waals surface area contributed by atoms with Crippen LogP contribution in [0.2, 0.25) is 0 Å². The van der Waals surface area contributed by atoms with Crippen LogP contribution >= 0.6 is 0 Å². The second-order valence-corrected chi connectivity index (χ2v) is 11.0. The van der Waals surface area contributed by atoms with Gasteiger partial charge in [0, 0.05) is 24.7 Å². The van der Waals surface area contributed by atoms with E-state index in [1.807, 2.05) is 54.7 Å². The zero-order chi connectivity index (χ0) is 23.7. The molecule has 2 bridgehead atoms. The number of aliphatic hydroxyl groups is 1. The second kappa shape index (κ2) is 10.7. The summed E-state index contributed by atoms with van der Waals surface area (Å²) < 4.78 is 13.9. The first-order valence-electron chi connectivity index (χ1n) is 13.4. The third kappa shape index (κ3) is 4.88. The molecule has 4 fully saturated rings. The number of oxazole rings is 1. The van der Waals surface area contributed by atoms with E-state index < -0.39 is 5.60 Å². The summed E-state index contributed by atoms with van der Waals surface area (Å²) >= 11 is 0. The van der Waals surface area contributed by atoms with Crippen molar-refractivity contribution in [3.05, 3.63) is 84.1 Å². The number of piperidine rings is 3. The summed E-state index contributed by atoms with van der Waals surface area (Å²) in [6.45, 7) is 4.12. The van der Waals surface area contributed by atoms with Crippen molar-refractivity contribution in [2.75, 3.05) is 19.6 Å². The van der Waals surface area contributed by atoms with E-state index in [0.29, 0.717) is 11.8 Å². The Labute approximate surface area is 224 Å². The molecule has 36 heavy (non-hydrogen) atoms. The molecule has 2 aromatic carbocycles. The highest BCUT2D eigenvalue weighted by molar-refractivity contribution is 5.30.